The van der Waals surface area contributed by atoms with Gasteiger partial charge in [0, 0.05) is 89.6 Å². The molecule has 0 saturated heterocycles. The standard InChI is InChI=1S/C92H80N2O2/c1-88(2,3)56-21-25-60(26-22-56)93(62-31-35-71-78(46-62)90(7,8)75-38-19-54-15-11-13-17-66(54)84(71)75)64-30-34-69-73-50-74-80(51-83(73)95-81(69)48-64)92(58-42-52-41-53(44-58)45-59(92)43-52)77-40-37-70-68-33-29-65(49-82(68)96-87(70)86(74)77)94(61-27-23-57(24-28-61)89(4,5)6)63-32-36-72-79(47-63)91(9,10)76-39-20-55-16-12-14-18-67(55)85(72)76/h11-40,46-53,58-59H,41-45H2,1-10H3. The van der Waals surface area contributed by atoms with Crippen LogP contribution in [0.25, 0.3) is 98.8 Å². The van der Waals surface area contributed by atoms with Crippen LogP contribution in [-0.2, 0) is 27.1 Å². The molecule has 14 aromatic rings. The van der Waals surface area contributed by atoms with Gasteiger partial charge in [0.05, 0.1) is 0 Å². The second kappa shape index (κ2) is 19.3. The molecule has 4 saturated carbocycles. The number of hydrogen-bond acceptors (Lipinski definition) is 4. The number of furan rings is 2. The lowest BCUT2D eigenvalue weighted by atomic mass is 9.43. The summed E-state index contributed by atoms with van der Waals surface area (Å²) in [5, 5.41) is 9.81. The Labute approximate surface area is 563 Å². The number of nitrogens with zero attached hydrogens (tertiary/aromatic N) is 2. The van der Waals surface area contributed by atoms with Crippen LogP contribution >= 0.6 is 0 Å². The fraction of sp³-hybridized carbons (Fsp3) is 0.261. The van der Waals surface area contributed by atoms with Crippen LogP contribution in [0.3, 0.4) is 0 Å². The molecule has 4 heteroatoms. The van der Waals surface area contributed by atoms with Gasteiger partial charge in [-0.2, -0.15) is 0 Å². The van der Waals surface area contributed by atoms with Crippen molar-refractivity contribution in [2.45, 2.75) is 128 Å². The fourth-order valence-corrected chi connectivity index (χ4v) is 20.4. The van der Waals surface area contributed by atoms with Crippen molar-refractivity contribution in [3.8, 4) is 33.4 Å². The van der Waals surface area contributed by atoms with Gasteiger partial charge in [-0.1, -0.05) is 191 Å². The Hall–Kier alpha value is -9.64. The largest absolute Gasteiger partial charge is 0.456 e. The molecule has 0 aliphatic heterocycles. The SMILES string of the molecule is CC(C)(C)c1ccc(N(c2ccc3c(c2)C(C)(C)c2ccc4ccccc4c2-3)c2ccc3c(c2)oc2cc4c(cc23)-c2c(ccc3c2oc2cc(N(c5ccc(C(C)(C)C)cc5)c5ccc6c(c5)C(C)(C)c5ccc7ccccc7c5-6)ccc23)C42C3CC4CC(C3)CC2C4)cc1. The van der Waals surface area contributed by atoms with Crippen molar-refractivity contribution < 1.29 is 8.83 Å². The van der Waals surface area contributed by atoms with Crippen molar-refractivity contribution in [2.75, 3.05) is 9.80 Å². The average molecular weight is 1250 g/mol. The molecule has 0 unspecified atom stereocenters. The molecule has 0 radical (unpaired) electrons. The lowest BCUT2D eigenvalue weighted by Gasteiger charge is -2.61. The van der Waals surface area contributed by atoms with Crippen LogP contribution in [0.2, 0.25) is 0 Å². The molecular formula is C92H80N2O2. The zero-order valence-electron chi connectivity index (χ0n) is 56.8. The van der Waals surface area contributed by atoms with Crippen molar-refractivity contribution in [3.63, 3.8) is 0 Å². The summed E-state index contributed by atoms with van der Waals surface area (Å²) < 4.78 is 15.0. The zero-order valence-corrected chi connectivity index (χ0v) is 56.8. The van der Waals surface area contributed by atoms with Gasteiger partial charge in [-0.3, -0.25) is 0 Å². The van der Waals surface area contributed by atoms with Crippen LogP contribution in [-0.4, -0.2) is 0 Å². The van der Waals surface area contributed by atoms with E-state index in [0.29, 0.717) is 11.8 Å². The van der Waals surface area contributed by atoms with E-state index in [1.165, 1.54) is 137 Å². The average Bonchev–Trinajstić information content (AvgIpc) is 1.50. The molecule has 7 aliphatic rings. The van der Waals surface area contributed by atoms with Crippen LogP contribution in [0, 0.1) is 23.7 Å². The van der Waals surface area contributed by atoms with Gasteiger partial charge in [-0.25, -0.2) is 0 Å². The van der Waals surface area contributed by atoms with E-state index in [0.717, 1.165) is 84.5 Å². The zero-order chi connectivity index (χ0) is 64.8. The highest BCUT2D eigenvalue weighted by Crippen LogP contribution is 2.71. The summed E-state index contributed by atoms with van der Waals surface area (Å²) in [5.41, 5.74) is 29.0. The highest BCUT2D eigenvalue weighted by atomic mass is 16.3. The summed E-state index contributed by atoms with van der Waals surface area (Å²) in [6.07, 6.45) is 6.56. The third-order valence-corrected chi connectivity index (χ3v) is 24.9. The summed E-state index contributed by atoms with van der Waals surface area (Å²) >= 11 is 0. The first-order valence-electron chi connectivity index (χ1n) is 35.5. The smallest absolute Gasteiger partial charge is 0.143 e. The van der Waals surface area contributed by atoms with E-state index in [-0.39, 0.29) is 27.1 Å². The number of benzene rings is 12. The summed E-state index contributed by atoms with van der Waals surface area (Å²) in [7, 11) is 0. The molecule has 4 bridgehead atoms. The summed E-state index contributed by atoms with van der Waals surface area (Å²) in [6.45, 7) is 23.4. The molecular weight excluding hydrogens is 1170 g/mol. The summed E-state index contributed by atoms with van der Waals surface area (Å²) in [4.78, 5) is 4.91. The Balaban J connectivity index is 0.743. The van der Waals surface area contributed by atoms with Gasteiger partial charge in [0.15, 0.2) is 0 Å². The van der Waals surface area contributed by atoms with Gasteiger partial charge >= 0.3 is 0 Å². The van der Waals surface area contributed by atoms with Gasteiger partial charge in [0.1, 0.15) is 22.3 Å². The molecule has 96 heavy (non-hydrogen) atoms. The van der Waals surface area contributed by atoms with Crippen molar-refractivity contribution >= 4 is 99.5 Å². The van der Waals surface area contributed by atoms with Gasteiger partial charge in [0.25, 0.3) is 0 Å². The first-order chi connectivity index (χ1) is 46.3. The fourth-order valence-electron chi connectivity index (χ4n) is 20.4. The lowest BCUT2D eigenvalue weighted by molar-refractivity contribution is -0.0399. The van der Waals surface area contributed by atoms with Crippen LogP contribution < -0.4 is 9.80 Å². The van der Waals surface area contributed by atoms with Crippen molar-refractivity contribution in [1.29, 1.82) is 0 Å². The molecule has 21 rings (SSSR count). The minimum absolute atomic E-state index is 0.0192. The number of anilines is 6. The highest BCUT2D eigenvalue weighted by molar-refractivity contribution is 6.16. The van der Waals surface area contributed by atoms with E-state index in [1.807, 2.05) is 0 Å². The molecule has 0 N–H and O–H groups in total. The minimum atomic E-state index is -0.190. The van der Waals surface area contributed by atoms with Crippen LogP contribution in [0.5, 0.6) is 0 Å². The van der Waals surface area contributed by atoms with E-state index in [4.69, 9.17) is 8.83 Å². The lowest BCUT2D eigenvalue weighted by Crippen LogP contribution is -2.55. The van der Waals surface area contributed by atoms with E-state index < -0.39 is 0 Å². The minimum Gasteiger partial charge on any atom is -0.456 e. The maximum Gasteiger partial charge on any atom is 0.143 e. The third kappa shape index (κ3) is 7.73. The molecule has 2 heterocycles. The molecule has 4 nitrogen and oxygen atoms in total. The molecule has 7 aliphatic carbocycles. The number of hydrogen-bond donors (Lipinski definition) is 0. The molecule has 2 aromatic heterocycles. The molecule has 12 aromatic carbocycles. The first kappa shape index (κ1) is 56.7. The third-order valence-electron chi connectivity index (χ3n) is 24.9. The maximum atomic E-state index is 7.61. The van der Waals surface area contributed by atoms with Gasteiger partial charge in [0.2, 0.25) is 0 Å². The van der Waals surface area contributed by atoms with E-state index in [1.54, 1.807) is 0 Å². The second-order valence-corrected chi connectivity index (χ2v) is 32.9. The van der Waals surface area contributed by atoms with Crippen molar-refractivity contribution in [3.05, 3.63) is 263 Å². The quantitative estimate of drug-likeness (QED) is 0.166. The summed E-state index contributed by atoms with van der Waals surface area (Å²) in [5.74, 6) is 2.76. The Bertz CT molecular complexity index is 5670. The molecule has 470 valence electrons. The predicted octanol–water partition coefficient (Wildman–Crippen LogP) is 25.7. The summed E-state index contributed by atoms with van der Waals surface area (Å²) in [6, 6.07) is 84.0. The second-order valence-electron chi connectivity index (χ2n) is 32.9. The van der Waals surface area contributed by atoms with Crippen LogP contribution in [0.15, 0.2) is 227 Å². The first-order valence-corrected chi connectivity index (χ1v) is 35.5. The monoisotopic (exact) mass is 1240 g/mol. The Kier molecular flexibility index (Phi) is 11.4. The molecule has 4 fully saturated rings. The molecule has 1 spiro atoms. The van der Waals surface area contributed by atoms with Crippen molar-refractivity contribution in [2.24, 2.45) is 23.7 Å². The Morgan fingerprint density at radius 1 is 0.323 bits per heavy atom. The Morgan fingerprint density at radius 2 is 0.750 bits per heavy atom. The van der Waals surface area contributed by atoms with E-state index in [9.17, 15) is 0 Å². The number of fused-ring (bicyclic) bond motifs is 20. The van der Waals surface area contributed by atoms with Crippen LogP contribution in [0.1, 0.15) is 146 Å². The highest BCUT2D eigenvalue weighted by Gasteiger charge is 2.62. The van der Waals surface area contributed by atoms with Gasteiger partial charge < -0.3 is 18.6 Å². The topological polar surface area (TPSA) is 32.8 Å². The molecule has 0 amide bonds. The van der Waals surface area contributed by atoms with Gasteiger partial charge in [-0.05, 0) is 245 Å². The Morgan fingerprint density at radius 3 is 1.26 bits per heavy atom. The van der Waals surface area contributed by atoms with Crippen LogP contribution in [0.4, 0.5) is 34.1 Å². The maximum absolute atomic E-state index is 7.61. The van der Waals surface area contributed by atoms with E-state index >= 15 is 0 Å². The normalized spacial score (nSPS) is 20.6. The number of rotatable bonds is 6. The van der Waals surface area contributed by atoms with E-state index in [2.05, 4.69) is 297 Å². The predicted molar refractivity (Wildman–Crippen MR) is 401 cm³/mol. The van der Waals surface area contributed by atoms with Gasteiger partial charge in [-0.15, -0.1) is 0 Å². The van der Waals surface area contributed by atoms with Crippen molar-refractivity contribution in [1.82, 2.24) is 0 Å². The molecule has 0 atom stereocenters.